The minimum atomic E-state index is -0.482. The molecule has 2 aromatic rings. The van der Waals surface area contributed by atoms with E-state index in [1.807, 2.05) is 0 Å². The summed E-state index contributed by atoms with van der Waals surface area (Å²) in [5, 5.41) is 4.42. The molecule has 17 heavy (non-hydrogen) atoms. The molecule has 7 nitrogen and oxygen atoms in total. The SMILES string of the molecule is COc1ccc(Cn2c(=O)[nH][nH]c2=O)cc1N. The third kappa shape index (κ3) is 2.07. The van der Waals surface area contributed by atoms with Crippen molar-refractivity contribution in [2.45, 2.75) is 6.54 Å². The van der Waals surface area contributed by atoms with E-state index in [0.717, 1.165) is 10.1 Å². The van der Waals surface area contributed by atoms with Crippen molar-refractivity contribution in [3.63, 3.8) is 0 Å². The Morgan fingerprint density at radius 1 is 1.29 bits per heavy atom. The van der Waals surface area contributed by atoms with Gasteiger partial charge in [-0.05, 0) is 17.7 Å². The number of nitrogens with two attached hydrogens (primary N) is 1. The van der Waals surface area contributed by atoms with Gasteiger partial charge in [-0.1, -0.05) is 6.07 Å². The van der Waals surface area contributed by atoms with Gasteiger partial charge >= 0.3 is 11.4 Å². The van der Waals surface area contributed by atoms with Crippen LogP contribution in [0.3, 0.4) is 0 Å². The van der Waals surface area contributed by atoms with E-state index in [4.69, 9.17) is 10.5 Å². The second kappa shape index (κ2) is 4.20. The minimum absolute atomic E-state index is 0.159. The Labute approximate surface area is 95.8 Å². The number of nitrogens with zero attached hydrogens (tertiary/aromatic N) is 1. The number of methoxy groups -OCH3 is 1. The molecule has 0 aliphatic carbocycles. The van der Waals surface area contributed by atoms with Crippen LogP contribution in [0.15, 0.2) is 27.8 Å². The van der Waals surface area contributed by atoms with E-state index in [2.05, 4.69) is 10.2 Å². The van der Waals surface area contributed by atoms with Gasteiger partial charge < -0.3 is 10.5 Å². The van der Waals surface area contributed by atoms with Crippen LogP contribution >= 0.6 is 0 Å². The maximum absolute atomic E-state index is 11.3. The van der Waals surface area contributed by atoms with Crippen molar-refractivity contribution in [1.29, 1.82) is 0 Å². The summed E-state index contributed by atoms with van der Waals surface area (Å²) >= 11 is 0. The molecule has 1 aromatic carbocycles. The molecule has 2 rings (SSSR count). The summed E-state index contributed by atoms with van der Waals surface area (Å²) < 4.78 is 6.06. The Kier molecular flexibility index (Phi) is 2.73. The summed E-state index contributed by atoms with van der Waals surface area (Å²) in [6.07, 6.45) is 0. The monoisotopic (exact) mass is 236 g/mol. The Balaban J connectivity index is 2.34. The highest BCUT2D eigenvalue weighted by atomic mass is 16.5. The van der Waals surface area contributed by atoms with E-state index in [0.29, 0.717) is 11.4 Å². The third-order valence-corrected chi connectivity index (χ3v) is 2.40. The summed E-state index contributed by atoms with van der Waals surface area (Å²) in [5.74, 6) is 0.559. The van der Waals surface area contributed by atoms with Crippen molar-refractivity contribution in [3.05, 3.63) is 44.7 Å². The van der Waals surface area contributed by atoms with Crippen LogP contribution in [0, 0.1) is 0 Å². The fourth-order valence-corrected chi connectivity index (χ4v) is 1.54. The highest BCUT2D eigenvalue weighted by Gasteiger charge is 2.06. The van der Waals surface area contributed by atoms with Gasteiger partial charge in [-0.15, -0.1) is 0 Å². The zero-order chi connectivity index (χ0) is 12.4. The zero-order valence-corrected chi connectivity index (χ0v) is 9.19. The molecule has 0 aliphatic rings. The number of aromatic amines is 2. The van der Waals surface area contributed by atoms with Crippen LogP contribution in [0.1, 0.15) is 5.56 Å². The lowest BCUT2D eigenvalue weighted by molar-refractivity contribution is 0.417. The number of nitrogen functional groups attached to an aromatic ring is 1. The van der Waals surface area contributed by atoms with Crippen molar-refractivity contribution >= 4 is 5.69 Å². The number of anilines is 1. The molecule has 4 N–H and O–H groups in total. The molecule has 0 radical (unpaired) electrons. The van der Waals surface area contributed by atoms with Crippen molar-refractivity contribution < 1.29 is 4.74 Å². The van der Waals surface area contributed by atoms with Gasteiger partial charge in [0.05, 0.1) is 19.3 Å². The standard InChI is InChI=1S/C10H12N4O3/c1-17-8-3-2-6(4-7(8)11)5-14-9(15)12-13-10(14)16/h2-4H,5,11H2,1H3,(H,12,15)(H,13,16). The van der Waals surface area contributed by atoms with E-state index in [9.17, 15) is 9.59 Å². The Bertz CT molecular complexity index is 610. The van der Waals surface area contributed by atoms with E-state index >= 15 is 0 Å². The van der Waals surface area contributed by atoms with Crippen molar-refractivity contribution in [2.24, 2.45) is 0 Å². The fourth-order valence-electron chi connectivity index (χ4n) is 1.54. The molecule has 0 bridgehead atoms. The second-order valence-electron chi connectivity index (χ2n) is 3.52. The van der Waals surface area contributed by atoms with E-state index in [-0.39, 0.29) is 6.54 Å². The summed E-state index contributed by atoms with van der Waals surface area (Å²) in [6.45, 7) is 0.159. The average molecular weight is 236 g/mol. The molecular weight excluding hydrogens is 224 g/mol. The lowest BCUT2D eigenvalue weighted by atomic mass is 10.2. The molecular formula is C10H12N4O3. The van der Waals surface area contributed by atoms with Crippen molar-refractivity contribution in [3.8, 4) is 5.75 Å². The highest BCUT2D eigenvalue weighted by molar-refractivity contribution is 5.54. The van der Waals surface area contributed by atoms with Gasteiger partial charge in [0.2, 0.25) is 0 Å². The third-order valence-electron chi connectivity index (χ3n) is 2.40. The van der Waals surface area contributed by atoms with Crippen LogP contribution in [0.5, 0.6) is 5.75 Å². The van der Waals surface area contributed by atoms with E-state index < -0.39 is 11.4 Å². The normalized spacial score (nSPS) is 10.4. The predicted molar refractivity (Wildman–Crippen MR) is 62.2 cm³/mol. The van der Waals surface area contributed by atoms with Gasteiger partial charge in [0.25, 0.3) is 0 Å². The number of H-pyrrole nitrogens is 2. The largest absolute Gasteiger partial charge is 0.495 e. The van der Waals surface area contributed by atoms with Crippen LogP contribution < -0.4 is 21.9 Å². The van der Waals surface area contributed by atoms with Gasteiger partial charge in [0, 0.05) is 0 Å². The molecule has 0 fully saturated rings. The Hall–Kier alpha value is -2.44. The first-order valence-corrected chi connectivity index (χ1v) is 4.91. The maximum Gasteiger partial charge on any atom is 0.344 e. The summed E-state index contributed by atoms with van der Waals surface area (Å²) in [5.41, 5.74) is 5.98. The number of nitrogens with one attached hydrogen (secondary N) is 2. The maximum atomic E-state index is 11.3. The first-order chi connectivity index (χ1) is 8.11. The predicted octanol–water partition coefficient (Wildman–Crippen LogP) is -0.496. The van der Waals surface area contributed by atoms with Crippen molar-refractivity contribution in [2.75, 3.05) is 12.8 Å². The molecule has 0 spiro atoms. The van der Waals surface area contributed by atoms with Gasteiger partial charge in [-0.3, -0.25) is 0 Å². The minimum Gasteiger partial charge on any atom is -0.495 e. The summed E-state index contributed by atoms with van der Waals surface area (Å²) in [4.78, 5) is 22.5. The molecule has 0 saturated carbocycles. The number of hydrogen-bond acceptors (Lipinski definition) is 4. The van der Waals surface area contributed by atoms with Crippen LogP contribution in [0.25, 0.3) is 0 Å². The molecule has 0 atom stereocenters. The summed E-state index contributed by atoms with van der Waals surface area (Å²) in [6, 6.07) is 5.10. The van der Waals surface area contributed by atoms with E-state index in [1.54, 1.807) is 18.2 Å². The van der Waals surface area contributed by atoms with Crippen LogP contribution in [0.4, 0.5) is 5.69 Å². The zero-order valence-electron chi connectivity index (χ0n) is 9.19. The highest BCUT2D eigenvalue weighted by Crippen LogP contribution is 2.21. The van der Waals surface area contributed by atoms with Crippen LogP contribution in [-0.4, -0.2) is 21.9 Å². The average Bonchev–Trinajstić information content (AvgIpc) is 2.61. The lowest BCUT2D eigenvalue weighted by Gasteiger charge is -2.06. The lowest BCUT2D eigenvalue weighted by Crippen LogP contribution is -2.27. The van der Waals surface area contributed by atoms with E-state index in [1.165, 1.54) is 7.11 Å². The topological polar surface area (TPSA) is 106 Å². The Morgan fingerprint density at radius 2 is 1.94 bits per heavy atom. The van der Waals surface area contributed by atoms with Gasteiger partial charge in [0.15, 0.2) is 0 Å². The van der Waals surface area contributed by atoms with Crippen LogP contribution in [-0.2, 0) is 6.54 Å². The molecule has 7 heteroatoms. The fraction of sp³-hybridized carbons (Fsp3) is 0.200. The number of benzene rings is 1. The number of ether oxygens (including phenoxy) is 1. The van der Waals surface area contributed by atoms with Gasteiger partial charge in [0.1, 0.15) is 5.75 Å². The smallest absolute Gasteiger partial charge is 0.344 e. The number of rotatable bonds is 3. The first-order valence-electron chi connectivity index (χ1n) is 4.91. The van der Waals surface area contributed by atoms with Crippen molar-refractivity contribution in [1.82, 2.24) is 14.8 Å². The quantitative estimate of drug-likeness (QED) is 0.625. The van der Waals surface area contributed by atoms with Gasteiger partial charge in [-0.2, -0.15) is 0 Å². The Morgan fingerprint density at radius 3 is 2.47 bits per heavy atom. The molecule has 0 aliphatic heterocycles. The number of hydrogen-bond donors (Lipinski definition) is 3. The molecule has 1 heterocycles. The van der Waals surface area contributed by atoms with Gasteiger partial charge in [-0.25, -0.2) is 24.4 Å². The molecule has 90 valence electrons. The molecule has 0 unspecified atom stereocenters. The first kappa shape index (κ1) is 11.1. The van der Waals surface area contributed by atoms with Crippen LogP contribution in [0.2, 0.25) is 0 Å². The molecule has 1 aromatic heterocycles. The second-order valence-corrected chi connectivity index (χ2v) is 3.52. The molecule has 0 saturated heterocycles. The number of aromatic nitrogens is 3. The summed E-state index contributed by atoms with van der Waals surface area (Å²) in [7, 11) is 1.52. The molecule has 0 amide bonds.